The van der Waals surface area contributed by atoms with Crippen LogP contribution in [0, 0.1) is 6.92 Å². The van der Waals surface area contributed by atoms with Gasteiger partial charge in [-0.2, -0.15) is 11.3 Å². The Morgan fingerprint density at radius 2 is 2.25 bits per heavy atom. The Hall–Kier alpha value is -1.62. The third-order valence-corrected chi connectivity index (χ3v) is 5.88. The standard InChI is InChI=1S/C19H18ClNO2S/c1-12-7-18-15(9-16(12)20)14(8-19(22)23-18)10-21-5-2-3-17(21)13-4-6-24-11-13/h4,6-9,11,17H,2-3,5,10H2,1H3/t17-/m1/s1. The van der Waals surface area contributed by atoms with Crippen molar-refractivity contribution in [3.05, 3.63) is 67.2 Å². The highest BCUT2D eigenvalue weighted by atomic mass is 35.5. The van der Waals surface area contributed by atoms with Crippen LogP contribution in [0.5, 0.6) is 0 Å². The molecule has 4 rings (SSSR count). The Kier molecular flexibility index (Phi) is 4.21. The fourth-order valence-electron chi connectivity index (χ4n) is 3.56. The molecule has 3 aromatic rings. The highest BCUT2D eigenvalue weighted by molar-refractivity contribution is 7.07. The fourth-order valence-corrected chi connectivity index (χ4v) is 4.43. The Bertz CT molecular complexity index is 932. The minimum atomic E-state index is -0.300. The number of hydrogen-bond acceptors (Lipinski definition) is 4. The third-order valence-electron chi connectivity index (χ3n) is 4.77. The highest BCUT2D eigenvalue weighted by Gasteiger charge is 2.27. The van der Waals surface area contributed by atoms with Crippen LogP contribution in [0.2, 0.25) is 5.02 Å². The van der Waals surface area contributed by atoms with Gasteiger partial charge in [-0.15, -0.1) is 0 Å². The van der Waals surface area contributed by atoms with E-state index in [0.717, 1.165) is 36.0 Å². The van der Waals surface area contributed by atoms with E-state index >= 15 is 0 Å². The molecule has 0 amide bonds. The molecule has 0 spiro atoms. The molecule has 1 fully saturated rings. The smallest absolute Gasteiger partial charge is 0.336 e. The van der Waals surface area contributed by atoms with E-state index in [2.05, 4.69) is 21.7 Å². The van der Waals surface area contributed by atoms with E-state index in [1.54, 1.807) is 17.4 Å². The Morgan fingerprint density at radius 1 is 1.38 bits per heavy atom. The molecule has 5 heteroatoms. The van der Waals surface area contributed by atoms with Crippen molar-refractivity contribution in [2.75, 3.05) is 6.54 Å². The minimum Gasteiger partial charge on any atom is -0.423 e. The van der Waals surface area contributed by atoms with Gasteiger partial charge in [0.1, 0.15) is 5.58 Å². The summed E-state index contributed by atoms with van der Waals surface area (Å²) in [5, 5.41) is 5.98. The quantitative estimate of drug-likeness (QED) is 0.606. The zero-order chi connectivity index (χ0) is 16.7. The fraction of sp³-hybridized carbons (Fsp3) is 0.316. The van der Waals surface area contributed by atoms with E-state index in [9.17, 15) is 4.79 Å². The topological polar surface area (TPSA) is 33.5 Å². The van der Waals surface area contributed by atoms with Gasteiger partial charge in [-0.3, -0.25) is 4.90 Å². The summed E-state index contributed by atoms with van der Waals surface area (Å²) in [7, 11) is 0. The van der Waals surface area contributed by atoms with Gasteiger partial charge in [0.2, 0.25) is 0 Å². The third kappa shape index (κ3) is 2.90. The minimum absolute atomic E-state index is 0.300. The molecule has 1 atom stereocenters. The van der Waals surface area contributed by atoms with E-state index < -0.39 is 0 Å². The first-order valence-corrected chi connectivity index (χ1v) is 9.43. The van der Waals surface area contributed by atoms with Crippen molar-refractivity contribution in [1.82, 2.24) is 4.90 Å². The molecule has 24 heavy (non-hydrogen) atoms. The Morgan fingerprint density at radius 3 is 3.04 bits per heavy atom. The summed E-state index contributed by atoms with van der Waals surface area (Å²) in [5.74, 6) is 0. The number of thiophene rings is 1. The number of benzene rings is 1. The first kappa shape index (κ1) is 15.9. The van der Waals surface area contributed by atoms with Gasteiger partial charge in [0.15, 0.2) is 0 Å². The molecule has 1 aromatic carbocycles. The normalized spacial score (nSPS) is 18.5. The molecular weight excluding hydrogens is 342 g/mol. The lowest BCUT2D eigenvalue weighted by molar-refractivity contribution is 0.249. The van der Waals surface area contributed by atoms with Crippen molar-refractivity contribution >= 4 is 33.9 Å². The van der Waals surface area contributed by atoms with Crippen molar-refractivity contribution in [3.63, 3.8) is 0 Å². The van der Waals surface area contributed by atoms with Crippen molar-refractivity contribution in [2.24, 2.45) is 0 Å². The second-order valence-corrected chi connectivity index (χ2v) is 7.56. The molecule has 0 unspecified atom stereocenters. The van der Waals surface area contributed by atoms with Gasteiger partial charge in [0.05, 0.1) is 0 Å². The monoisotopic (exact) mass is 359 g/mol. The van der Waals surface area contributed by atoms with Gasteiger partial charge in [0.25, 0.3) is 0 Å². The Labute approximate surface area is 149 Å². The Balaban J connectivity index is 1.74. The first-order chi connectivity index (χ1) is 11.6. The van der Waals surface area contributed by atoms with Crippen LogP contribution in [0.4, 0.5) is 0 Å². The first-order valence-electron chi connectivity index (χ1n) is 8.11. The lowest BCUT2D eigenvalue weighted by Crippen LogP contribution is -2.23. The van der Waals surface area contributed by atoms with Crippen LogP contribution in [0.25, 0.3) is 11.0 Å². The lowest BCUT2D eigenvalue weighted by atomic mass is 10.1. The number of likely N-dealkylation sites (tertiary alicyclic amines) is 1. The number of nitrogens with zero attached hydrogens (tertiary/aromatic N) is 1. The van der Waals surface area contributed by atoms with Gasteiger partial charge in [-0.05, 0) is 72.0 Å². The van der Waals surface area contributed by atoms with Crippen LogP contribution in [0.1, 0.15) is 35.6 Å². The second kappa shape index (κ2) is 6.36. The van der Waals surface area contributed by atoms with E-state index in [1.807, 2.05) is 19.1 Å². The van der Waals surface area contributed by atoms with Crippen LogP contribution in [-0.2, 0) is 6.54 Å². The van der Waals surface area contributed by atoms with Crippen molar-refractivity contribution in [1.29, 1.82) is 0 Å². The van der Waals surface area contributed by atoms with E-state index in [0.29, 0.717) is 16.6 Å². The molecule has 3 heterocycles. The van der Waals surface area contributed by atoms with Gasteiger partial charge < -0.3 is 4.42 Å². The average Bonchev–Trinajstić information content (AvgIpc) is 3.20. The van der Waals surface area contributed by atoms with Crippen LogP contribution in [0.15, 0.2) is 44.2 Å². The van der Waals surface area contributed by atoms with E-state index in [4.69, 9.17) is 16.0 Å². The predicted molar refractivity (Wildman–Crippen MR) is 98.9 cm³/mol. The molecule has 1 aliphatic heterocycles. The van der Waals surface area contributed by atoms with Crippen molar-refractivity contribution < 1.29 is 4.42 Å². The zero-order valence-corrected chi connectivity index (χ0v) is 15.0. The summed E-state index contributed by atoms with van der Waals surface area (Å²) in [4.78, 5) is 14.4. The van der Waals surface area contributed by atoms with Crippen LogP contribution in [-0.4, -0.2) is 11.4 Å². The van der Waals surface area contributed by atoms with Crippen molar-refractivity contribution in [3.8, 4) is 0 Å². The summed E-state index contributed by atoms with van der Waals surface area (Å²) in [5.41, 5.74) is 3.60. The highest BCUT2D eigenvalue weighted by Crippen LogP contribution is 2.35. The SMILES string of the molecule is Cc1cc2oc(=O)cc(CN3CCC[C@@H]3c3ccsc3)c2cc1Cl. The number of fused-ring (bicyclic) bond motifs is 1. The molecule has 1 aliphatic rings. The van der Waals surface area contributed by atoms with Crippen LogP contribution < -0.4 is 5.63 Å². The van der Waals surface area contributed by atoms with Gasteiger partial charge in [-0.1, -0.05) is 11.6 Å². The summed E-state index contributed by atoms with van der Waals surface area (Å²) in [6.07, 6.45) is 2.34. The molecule has 0 bridgehead atoms. The maximum atomic E-state index is 12.0. The summed E-state index contributed by atoms with van der Waals surface area (Å²) >= 11 is 8.03. The summed E-state index contributed by atoms with van der Waals surface area (Å²) in [6, 6.07) is 8.00. The summed E-state index contributed by atoms with van der Waals surface area (Å²) in [6.45, 7) is 3.70. The van der Waals surface area contributed by atoms with Crippen LogP contribution >= 0.6 is 22.9 Å². The zero-order valence-electron chi connectivity index (χ0n) is 13.4. The average molecular weight is 360 g/mol. The van der Waals surface area contributed by atoms with Crippen LogP contribution in [0.3, 0.4) is 0 Å². The summed E-state index contributed by atoms with van der Waals surface area (Å²) < 4.78 is 5.37. The van der Waals surface area contributed by atoms with Gasteiger partial charge in [0, 0.05) is 29.1 Å². The molecule has 0 saturated carbocycles. The van der Waals surface area contributed by atoms with E-state index in [-0.39, 0.29) is 5.63 Å². The molecule has 0 N–H and O–H groups in total. The second-order valence-electron chi connectivity index (χ2n) is 6.37. The lowest BCUT2D eigenvalue weighted by Gasteiger charge is -2.24. The molecular formula is C19H18ClNO2S. The van der Waals surface area contributed by atoms with Gasteiger partial charge in [-0.25, -0.2) is 4.79 Å². The van der Waals surface area contributed by atoms with E-state index in [1.165, 1.54) is 12.0 Å². The number of halogens is 1. The number of rotatable bonds is 3. The maximum absolute atomic E-state index is 12.0. The number of hydrogen-bond donors (Lipinski definition) is 0. The van der Waals surface area contributed by atoms with Crippen molar-refractivity contribution in [2.45, 2.75) is 32.4 Å². The largest absolute Gasteiger partial charge is 0.423 e. The molecule has 124 valence electrons. The molecule has 0 aliphatic carbocycles. The maximum Gasteiger partial charge on any atom is 0.336 e. The molecule has 0 radical (unpaired) electrons. The molecule has 3 nitrogen and oxygen atoms in total. The molecule has 1 saturated heterocycles. The van der Waals surface area contributed by atoms with Gasteiger partial charge >= 0.3 is 5.63 Å². The predicted octanol–water partition coefficient (Wildman–Crippen LogP) is 5.15. The number of aryl methyl sites for hydroxylation is 1. The molecule has 2 aromatic heterocycles.